The largest absolute Gasteiger partial charge is 0.379 e. The third-order valence-electron chi connectivity index (χ3n) is 6.96. The molecule has 4 N–H and O–H groups in total. The van der Waals surface area contributed by atoms with Crippen molar-refractivity contribution in [2.24, 2.45) is 5.73 Å². The van der Waals surface area contributed by atoms with E-state index in [0.29, 0.717) is 48.1 Å². The van der Waals surface area contributed by atoms with Crippen LogP contribution in [-0.2, 0) is 25.1 Å². The van der Waals surface area contributed by atoms with Gasteiger partial charge >= 0.3 is 6.03 Å². The quantitative estimate of drug-likeness (QED) is 0.252. The Labute approximate surface area is 255 Å². The van der Waals surface area contributed by atoms with Gasteiger partial charge < -0.3 is 20.7 Å². The molecule has 1 heterocycles. The molecule has 4 rings (SSSR count). The van der Waals surface area contributed by atoms with E-state index in [-0.39, 0.29) is 34.8 Å². The zero-order chi connectivity index (χ0) is 30.5. The summed E-state index contributed by atoms with van der Waals surface area (Å²) in [6.45, 7) is 5.81. The average Bonchev–Trinajstić information content (AvgIpc) is 3.22. The highest BCUT2D eigenvalue weighted by Crippen LogP contribution is 2.49. The molecule has 0 bridgehead atoms. The molecule has 0 saturated carbocycles. The van der Waals surface area contributed by atoms with Crippen LogP contribution in [0.15, 0.2) is 71.6 Å². The van der Waals surface area contributed by atoms with Gasteiger partial charge in [0.05, 0.1) is 23.8 Å². The van der Waals surface area contributed by atoms with Gasteiger partial charge in [0, 0.05) is 53.0 Å². The molecule has 42 heavy (non-hydrogen) atoms. The molecule has 0 spiro atoms. The van der Waals surface area contributed by atoms with Gasteiger partial charge in [-0.3, -0.25) is 10.1 Å². The molecule has 10 nitrogen and oxygen atoms in total. The van der Waals surface area contributed by atoms with Crippen molar-refractivity contribution >= 4 is 56.5 Å². The summed E-state index contributed by atoms with van der Waals surface area (Å²) < 4.78 is 34.5. The summed E-state index contributed by atoms with van der Waals surface area (Å²) in [5.74, 6) is -0.773. The van der Waals surface area contributed by atoms with Crippen molar-refractivity contribution in [2.75, 3.05) is 49.0 Å². The van der Waals surface area contributed by atoms with E-state index in [1.165, 1.54) is 36.4 Å². The maximum Gasteiger partial charge on any atom is 0.321 e. The fourth-order valence-corrected chi connectivity index (χ4v) is 6.83. The molecule has 3 aromatic rings. The Kier molecular flexibility index (Phi) is 10.1. The van der Waals surface area contributed by atoms with Crippen LogP contribution < -0.4 is 20.7 Å². The summed E-state index contributed by atoms with van der Waals surface area (Å²) in [6, 6.07) is 16.7. The van der Waals surface area contributed by atoms with E-state index in [9.17, 15) is 18.0 Å². The monoisotopic (exact) mass is 633 g/mol. The minimum absolute atomic E-state index is 0.138. The van der Waals surface area contributed by atoms with Gasteiger partial charge in [0.15, 0.2) is 5.54 Å². The number of sulfonamides is 1. The minimum atomic E-state index is -4.43. The van der Waals surface area contributed by atoms with Crippen molar-refractivity contribution in [2.45, 2.75) is 24.3 Å². The van der Waals surface area contributed by atoms with Crippen molar-refractivity contribution < 1.29 is 22.7 Å². The first-order chi connectivity index (χ1) is 20.1. The zero-order valence-electron chi connectivity index (χ0n) is 23.3. The highest BCUT2D eigenvalue weighted by molar-refractivity contribution is 7.93. The lowest BCUT2D eigenvalue weighted by Gasteiger charge is -2.31. The molecule has 1 aliphatic rings. The molecule has 224 valence electrons. The second-order valence-corrected chi connectivity index (χ2v) is 12.1. The van der Waals surface area contributed by atoms with E-state index >= 15 is 0 Å². The van der Waals surface area contributed by atoms with Crippen LogP contribution in [0.4, 0.5) is 16.2 Å². The number of nitrogens with two attached hydrogens (primary N) is 1. The molecule has 0 radical (unpaired) electrons. The van der Waals surface area contributed by atoms with Gasteiger partial charge in [0.1, 0.15) is 0 Å². The van der Waals surface area contributed by atoms with Crippen molar-refractivity contribution in [3.63, 3.8) is 0 Å². The summed E-state index contributed by atoms with van der Waals surface area (Å²) in [5, 5.41) is 6.56. The topological polar surface area (TPSA) is 134 Å². The van der Waals surface area contributed by atoms with Crippen LogP contribution in [0.5, 0.6) is 0 Å². The molecule has 0 aliphatic carbocycles. The van der Waals surface area contributed by atoms with Crippen LogP contribution in [0.3, 0.4) is 0 Å². The molecule has 3 aromatic carbocycles. The van der Waals surface area contributed by atoms with Crippen molar-refractivity contribution in [3.8, 4) is 0 Å². The third-order valence-corrected chi connectivity index (χ3v) is 9.23. The van der Waals surface area contributed by atoms with Crippen LogP contribution in [0.1, 0.15) is 25.0 Å². The average molecular weight is 635 g/mol. The summed E-state index contributed by atoms with van der Waals surface area (Å²) in [5.41, 5.74) is 5.09. The van der Waals surface area contributed by atoms with Gasteiger partial charge in [-0.25, -0.2) is 17.5 Å². The third kappa shape index (κ3) is 5.98. The van der Waals surface area contributed by atoms with Crippen LogP contribution in [0.25, 0.3) is 0 Å². The fourth-order valence-electron chi connectivity index (χ4n) is 4.92. The maximum atomic E-state index is 14.5. The van der Waals surface area contributed by atoms with Crippen LogP contribution in [-0.4, -0.2) is 64.6 Å². The highest BCUT2D eigenvalue weighted by Gasteiger charge is 2.56. The van der Waals surface area contributed by atoms with Crippen molar-refractivity contribution in [3.05, 3.63) is 87.9 Å². The number of hydrogen-bond donors (Lipinski definition) is 3. The Morgan fingerprint density at radius 1 is 1.00 bits per heavy atom. The lowest BCUT2D eigenvalue weighted by atomic mass is 9.83. The zero-order valence-corrected chi connectivity index (χ0v) is 25.6. The summed E-state index contributed by atoms with van der Waals surface area (Å²) in [6.07, 6.45) is 0. The molecular weight excluding hydrogens is 601 g/mol. The van der Waals surface area contributed by atoms with E-state index in [4.69, 9.17) is 33.7 Å². The van der Waals surface area contributed by atoms with Gasteiger partial charge in [0.2, 0.25) is 0 Å². The first-order valence-electron chi connectivity index (χ1n) is 13.4. The first-order valence-corrected chi connectivity index (χ1v) is 15.6. The number of fused-ring (bicyclic) bond motifs is 1. The predicted molar refractivity (Wildman–Crippen MR) is 165 cm³/mol. The molecular formula is C29H33Cl2N5O5S. The van der Waals surface area contributed by atoms with Gasteiger partial charge in [-0.15, -0.1) is 0 Å². The number of rotatable bonds is 12. The van der Waals surface area contributed by atoms with E-state index in [1.807, 2.05) is 13.8 Å². The Balaban J connectivity index is 1.78. The number of carbonyl (C=O) groups excluding carboxylic acids is 2. The first kappa shape index (κ1) is 31.7. The Morgan fingerprint density at radius 2 is 1.69 bits per heavy atom. The van der Waals surface area contributed by atoms with Crippen LogP contribution in [0.2, 0.25) is 10.0 Å². The number of carbonyl (C=O) groups is 2. The number of halogens is 2. The minimum Gasteiger partial charge on any atom is -0.379 e. The summed E-state index contributed by atoms with van der Waals surface area (Å²) in [7, 11) is -4.43. The fraction of sp³-hybridized carbons (Fsp3) is 0.310. The van der Waals surface area contributed by atoms with E-state index in [0.717, 1.165) is 4.31 Å². The van der Waals surface area contributed by atoms with Gasteiger partial charge in [0.25, 0.3) is 15.9 Å². The highest BCUT2D eigenvalue weighted by atomic mass is 35.5. The normalized spacial score (nSPS) is 16.4. The molecule has 0 fully saturated rings. The van der Waals surface area contributed by atoms with Crippen LogP contribution in [0, 0.1) is 0 Å². The van der Waals surface area contributed by atoms with E-state index in [2.05, 4.69) is 10.6 Å². The van der Waals surface area contributed by atoms with Gasteiger partial charge in [-0.1, -0.05) is 41.4 Å². The second-order valence-electron chi connectivity index (χ2n) is 9.42. The standard InChI is InChI=1S/C29H33Cl2N5O5S/c1-3-35(4-2)28(38)34-21-10-12-22(13-11-21)42(39,40)36-26-14-9-20(30)19-24(26)29(27(36)37,33-16-18-41-17-15-32)23-7-5-6-8-25(23)31/h5-14,19,33H,3-4,15-18,32H2,1-2H3,(H,34,38). The molecule has 0 saturated heterocycles. The molecule has 1 unspecified atom stereocenters. The molecule has 0 aromatic heterocycles. The number of ether oxygens (including phenoxy) is 1. The Morgan fingerprint density at radius 3 is 2.33 bits per heavy atom. The van der Waals surface area contributed by atoms with Crippen LogP contribution >= 0.6 is 23.2 Å². The number of nitrogens with zero attached hydrogens (tertiary/aromatic N) is 2. The number of anilines is 2. The Hall–Kier alpha value is -3.19. The van der Waals surface area contributed by atoms with Gasteiger partial charge in [-0.05, 0) is 62.4 Å². The van der Waals surface area contributed by atoms with Crippen molar-refractivity contribution in [1.29, 1.82) is 0 Å². The predicted octanol–water partition coefficient (Wildman–Crippen LogP) is 4.41. The molecule has 3 amide bonds. The molecule has 1 atom stereocenters. The number of urea groups is 1. The van der Waals surface area contributed by atoms with E-state index < -0.39 is 21.5 Å². The number of nitrogens with one attached hydrogen (secondary N) is 2. The van der Waals surface area contributed by atoms with Gasteiger partial charge in [-0.2, -0.15) is 0 Å². The number of benzene rings is 3. The van der Waals surface area contributed by atoms with E-state index in [1.54, 1.807) is 35.2 Å². The summed E-state index contributed by atoms with van der Waals surface area (Å²) in [4.78, 5) is 28.4. The summed E-state index contributed by atoms with van der Waals surface area (Å²) >= 11 is 13.0. The number of amides is 3. The molecule has 13 heteroatoms. The maximum absolute atomic E-state index is 14.5. The lowest BCUT2D eigenvalue weighted by molar-refractivity contribution is -0.121. The van der Waals surface area contributed by atoms with Crippen molar-refractivity contribution in [1.82, 2.24) is 10.2 Å². The smallest absolute Gasteiger partial charge is 0.321 e. The number of hydrogen-bond acceptors (Lipinski definition) is 7. The Bertz CT molecular complexity index is 1550. The second kappa shape index (κ2) is 13.4. The molecule has 1 aliphatic heterocycles. The SMILES string of the molecule is CCN(CC)C(=O)Nc1ccc(S(=O)(=O)N2C(=O)C(NCCOCCN)(c3ccccc3Cl)c3cc(Cl)ccc32)cc1. The lowest BCUT2D eigenvalue weighted by Crippen LogP contribution is -2.53.